The number of hydrogen-bond acceptors (Lipinski definition) is 3. The molecule has 0 aliphatic carbocycles. The quantitative estimate of drug-likeness (QED) is 0.443. The molecule has 0 bridgehead atoms. The van der Waals surface area contributed by atoms with Crippen LogP contribution in [0.1, 0.15) is 37.0 Å². The second-order valence-electron chi connectivity index (χ2n) is 8.64. The number of carbonyl (C=O) groups is 2. The molecule has 0 fully saturated rings. The topological polar surface area (TPSA) is 58.6 Å². The fourth-order valence-corrected chi connectivity index (χ4v) is 3.75. The summed E-state index contributed by atoms with van der Waals surface area (Å²) in [6.07, 6.45) is 1.23. The van der Waals surface area contributed by atoms with Crippen molar-refractivity contribution in [1.29, 1.82) is 0 Å². The number of benzene rings is 3. The molecule has 0 aliphatic heterocycles. The number of carbonyl (C=O) groups excluding carboxylic acids is 2. The Kier molecular flexibility index (Phi) is 9.27. The summed E-state index contributed by atoms with van der Waals surface area (Å²) in [6.45, 7) is 6.20. The predicted molar refractivity (Wildman–Crippen MR) is 135 cm³/mol. The lowest BCUT2D eigenvalue weighted by Crippen LogP contribution is -2.53. The maximum absolute atomic E-state index is 13.5. The second kappa shape index (κ2) is 12.6. The first-order valence-electron chi connectivity index (χ1n) is 11.8. The molecule has 0 heterocycles. The van der Waals surface area contributed by atoms with E-state index in [9.17, 15) is 9.59 Å². The van der Waals surface area contributed by atoms with Crippen molar-refractivity contribution in [3.05, 3.63) is 102 Å². The first-order valence-corrected chi connectivity index (χ1v) is 11.8. The smallest absolute Gasteiger partial charge is 0.261 e. The number of aryl methyl sites for hydroxylation is 1. The van der Waals surface area contributed by atoms with Crippen LogP contribution in [0.15, 0.2) is 84.9 Å². The Balaban J connectivity index is 1.91. The van der Waals surface area contributed by atoms with E-state index in [1.54, 1.807) is 4.90 Å². The molecule has 5 nitrogen and oxygen atoms in total. The van der Waals surface area contributed by atoms with Gasteiger partial charge in [0.05, 0.1) is 0 Å². The summed E-state index contributed by atoms with van der Waals surface area (Å²) in [4.78, 5) is 28.6. The number of nitrogens with zero attached hydrogens (tertiary/aromatic N) is 1. The van der Waals surface area contributed by atoms with Crippen molar-refractivity contribution >= 4 is 11.8 Å². The third kappa shape index (κ3) is 7.48. The molecule has 0 aromatic heterocycles. The SMILES string of the molecule is CCC(C)NC(=O)C(Cc1ccccc1)N(Cc1cccc(C)c1)C(=O)COc1ccccc1. The van der Waals surface area contributed by atoms with E-state index in [1.165, 1.54) is 0 Å². The average molecular weight is 459 g/mol. The van der Waals surface area contributed by atoms with Gasteiger partial charge in [0.25, 0.3) is 5.91 Å². The molecule has 0 saturated carbocycles. The van der Waals surface area contributed by atoms with E-state index in [0.717, 1.165) is 23.1 Å². The third-order valence-electron chi connectivity index (χ3n) is 5.81. The molecule has 2 amide bonds. The molecular weight excluding hydrogens is 424 g/mol. The maximum Gasteiger partial charge on any atom is 0.261 e. The summed E-state index contributed by atoms with van der Waals surface area (Å²) in [6, 6.07) is 26.4. The van der Waals surface area contributed by atoms with Crippen molar-refractivity contribution in [2.75, 3.05) is 6.61 Å². The molecular formula is C29H34N2O3. The van der Waals surface area contributed by atoms with Gasteiger partial charge in [-0.15, -0.1) is 0 Å². The molecule has 2 unspecified atom stereocenters. The highest BCUT2D eigenvalue weighted by molar-refractivity contribution is 5.88. The van der Waals surface area contributed by atoms with E-state index >= 15 is 0 Å². The summed E-state index contributed by atoms with van der Waals surface area (Å²) in [5.41, 5.74) is 3.08. The Hall–Kier alpha value is -3.60. The van der Waals surface area contributed by atoms with Crippen LogP contribution < -0.4 is 10.1 Å². The summed E-state index contributed by atoms with van der Waals surface area (Å²) < 4.78 is 5.77. The lowest BCUT2D eigenvalue weighted by Gasteiger charge is -2.32. The average Bonchev–Trinajstić information content (AvgIpc) is 2.85. The minimum absolute atomic E-state index is 0.0160. The largest absolute Gasteiger partial charge is 0.484 e. The first-order chi connectivity index (χ1) is 16.5. The Bertz CT molecular complexity index is 1050. The summed E-state index contributed by atoms with van der Waals surface area (Å²) in [7, 11) is 0. The summed E-state index contributed by atoms with van der Waals surface area (Å²) >= 11 is 0. The van der Waals surface area contributed by atoms with E-state index < -0.39 is 6.04 Å². The molecule has 1 N–H and O–H groups in total. The highest BCUT2D eigenvalue weighted by Crippen LogP contribution is 2.17. The van der Waals surface area contributed by atoms with Gasteiger partial charge in [0.2, 0.25) is 5.91 Å². The highest BCUT2D eigenvalue weighted by Gasteiger charge is 2.31. The van der Waals surface area contributed by atoms with Crippen LogP contribution in [0.25, 0.3) is 0 Å². The monoisotopic (exact) mass is 458 g/mol. The van der Waals surface area contributed by atoms with E-state index in [-0.39, 0.29) is 24.5 Å². The van der Waals surface area contributed by atoms with Crippen molar-refractivity contribution in [2.45, 2.75) is 52.2 Å². The fourth-order valence-electron chi connectivity index (χ4n) is 3.75. The van der Waals surface area contributed by atoms with Gasteiger partial charge in [0.1, 0.15) is 11.8 Å². The van der Waals surface area contributed by atoms with Gasteiger partial charge in [0, 0.05) is 19.0 Å². The molecule has 3 rings (SSSR count). The molecule has 0 spiro atoms. The van der Waals surface area contributed by atoms with Crippen LogP contribution >= 0.6 is 0 Å². The zero-order chi connectivity index (χ0) is 24.3. The van der Waals surface area contributed by atoms with Gasteiger partial charge in [-0.1, -0.05) is 85.3 Å². The van der Waals surface area contributed by atoms with Crippen molar-refractivity contribution in [3.63, 3.8) is 0 Å². The predicted octanol–water partition coefficient (Wildman–Crippen LogP) is 4.93. The van der Waals surface area contributed by atoms with E-state index in [1.807, 2.05) is 106 Å². The van der Waals surface area contributed by atoms with E-state index in [0.29, 0.717) is 18.7 Å². The number of para-hydroxylation sites is 1. The van der Waals surface area contributed by atoms with Gasteiger partial charge < -0.3 is 15.0 Å². The van der Waals surface area contributed by atoms with Gasteiger partial charge >= 0.3 is 0 Å². The third-order valence-corrected chi connectivity index (χ3v) is 5.81. The number of amides is 2. The molecule has 0 aliphatic rings. The maximum atomic E-state index is 13.5. The molecule has 34 heavy (non-hydrogen) atoms. The highest BCUT2D eigenvalue weighted by atomic mass is 16.5. The van der Waals surface area contributed by atoms with Crippen LogP contribution in [0.2, 0.25) is 0 Å². The van der Waals surface area contributed by atoms with Crippen LogP contribution in [0.5, 0.6) is 5.75 Å². The zero-order valence-electron chi connectivity index (χ0n) is 20.2. The number of rotatable bonds is 11. The van der Waals surface area contributed by atoms with E-state index in [4.69, 9.17) is 4.74 Å². The molecule has 0 radical (unpaired) electrons. The number of hydrogen-bond donors (Lipinski definition) is 1. The normalized spacial score (nSPS) is 12.4. The lowest BCUT2D eigenvalue weighted by atomic mass is 10.0. The molecule has 3 aromatic rings. The Morgan fingerprint density at radius 3 is 2.21 bits per heavy atom. The fraction of sp³-hybridized carbons (Fsp3) is 0.310. The van der Waals surface area contributed by atoms with Gasteiger partial charge in [-0.25, -0.2) is 0 Å². The zero-order valence-corrected chi connectivity index (χ0v) is 20.2. The summed E-state index contributed by atoms with van der Waals surface area (Å²) in [5.74, 6) is 0.236. The van der Waals surface area contributed by atoms with Crippen molar-refractivity contribution in [3.8, 4) is 5.75 Å². The van der Waals surface area contributed by atoms with Crippen molar-refractivity contribution in [2.24, 2.45) is 0 Å². The van der Waals surface area contributed by atoms with Crippen LogP contribution in [-0.4, -0.2) is 35.4 Å². The van der Waals surface area contributed by atoms with Gasteiger partial charge in [-0.2, -0.15) is 0 Å². The Labute approximate surface area is 202 Å². The standard InChI is InChI=1S/C29H34N2O3/c1-4-23(3)30-29(33)27(19-24-13-7-5-8-14-24)31(20-25-15-11-12-22(2)18-25)28(32)21-34-26-16-9-6-10-17-26/h5-18,23,27H,4,19-21H2,1-3H3,(H,30,33). The van der Waals surface area contributed by atoms with Crippen LogP contribution in [0.3, 0.4) is 0 Å². The van der Waals surface area contributed by atoms with Crippen molar-refractivity contribution in [1.82, 2.24) is 10.2 Å². The molecule has 0 saturated heterocycles. The summed E-state index contributed by atoms with van der Waals surface area (Å²) in [5, 5.41) is 3.08. The number of nitrogens with one attached hydrogen (secondary N) is 1. The van der Waals surface area contributed by atoms with Crippen LogP contribution in [0, 0.1) is 6.92 Å². The first kappa shape index (κ1) is 25.0. The van der Waals surface area contributed by atoms with Gasteiger partial charge in [0.15, 0.2) is 6.61 Å². The van der Waals surface area contributed by atoms with Crippen LogP contribution in [0.4, 0.5) is 0 Å². The molecule has 178 valence electrons. The Morgan fingerprint density at radius 1 is 0.912 bits per heavy atom. The minimum atomic E-state index is -0.663. The lowest BCUT2D eigenvalue weighted by molar-refractivity contribution is -0.143. The van der Waals surface area contributed by atoms with Gasteiger partial charge in [-0.05, 0) is 43.5 Å². The molecule has 3 aromatic carbocycles. The van der Waals surface area contributed by atoms with Gasteiger partial charge in [-0.3, -0.25) is 9.59 Å². The Morgan fingerprint density at radius 2 is 1.56 bits per heavy atom. The molecule has 2 atom stereocenters. The minimum Gasteiger partial charge on any atom is -0.484 e. The second-order valence-corrected chi connectivity index (χ2v) is 8.64. The molecule has 5 heteroatoms. The van der Waals surface area contributed by atoms with Crippen molar-refractivity contribution < 1.29 is 14.3 Å². The van der Waals surface area contributed by atoms with Crippen LogP contribution in [-0.2, 0) is 22.6 Å². The van der Waals surface area contributed by atoms with E-state index in [2.05, 4.69) is 5.32 Å². The number of ether oxygens (including phenoxy) is 1.